The largest absolute Gasteiger partial charge is 0.192 e. The predicted octanol–water partition coefficient (Wildman–Crippen LogP) is 10.7. The van der Waals surface area contributed by atoms with Gasteiger partial charge in [0.05, 0.1) is 11.6 Å². The van der Waals surface area contributed by atoms with E-state index in [0.717, 1.165) is 23.4 Å². The Morgan fingerprint density at radius 3 is 1.37 bits per heavy atom. The fourth-order valence-electron chi connectivity index (χ4n) is 5.63. The van der Waals surface area contributed by atoms with E-state index in [4.69, 9.17) is 11.6 Å². The molecule has 0 amide bonds. The average molecular weight is 494 g/mol. The zero-order chi connectivity index (χ0) is 26.9. The maximum Gasteiger partial charge on any atom is 0.0991 e. The van der Waals surface area contributed by atoms with E-state index >= 15 is 0 Å². The fraction of sp³-hybridized carbons (Fsp3) is 0.606. The number of benzene rings is 2. The van der Waals surface area contributed by atoms with Gasteiger partial charge in [-0.25, -0.2) is 0 Å². The monoisotopic (exact) mass is 493 g/mol. The van der Waals surface area contributed by atoms with Gasteiger partial charge in [-0.2, -0.15) is 5.26 Å². The van der Waals surface area contributed by atoms with Gasteiger partial charge in [0.1, 0.15) is 0 Å². The van der Waals surface area contributed by atoms with Crippen LogP contribution in [0.5, 0.6) is 0 Å². The van der Waals surface area contributed by atoms with Crippen LogP contribution >= 0.6 is 11.6 Å². The second kappa shape index (κ2) is 11.1. The van der Waals surface area contributed by atoms with Crippen molar-refractivity contribution in [3.8, 4) is 6.07 Å². The van der Waals surface area contributed by atoms with Crippen molar-refractivity contribution in [2.45, 2.75) is 130 Å². The third-order valence-electron chi connectivity index (χ3n) is 7.33. The van der Waals surface area contributed by atoms with Crippen LogP contribution in [-0.2, 0) is 10.8 Å². The molecule has 35 heavy (non-hydrogen) atoms. The van der Waals surface area contributed by atoms with Crippen LogP contribution in [0.4, 0.5) is 0 Å². The molecule has 2 heteroatoms. The molecule has 0 aromatic heterocycles. The molecular weight excluding hydrogens is 446 g/mol. The molecule has 2 unspecified atom stereocenters. The summed E-state index contributed by atoms with van der Waals surface area (Å²) in [6, 6.07) is 11.1. The van der Waals surface area contributed by atoms with Crippen molar-refractivity contribution in [2.75, 3.05) is 0 Å². The molecule has 0 saturated heterocycles. The van der Waals surface area contributed by atoms with Gasteiger partial charge in [-0.3, -0.25) is 0 Å². The summed E-state index contributed by atoms with van der Waals surface area (Å²) in [5, 5.41) is 10.6. The van der Waals surface area contributed by atoms with Gasteiger partial charge in [0, 0.05) is 5.02 Å². The van der Waals surface area contributed by atoms with Crippen LogP contribution in [0.2, 0.25) is 5.02 Å². The van der Waals surface area contributed by atoms with E-state index < -0.39 is 0 Å². The molecule has 0 spiro atoms. The van der Waals surface area contributed by atoms with Gasteiger partial charge < -0.3 is 0 Å². The smallest absolute Gasteiger partial charge is 0.0991 e. The Hall–Kier alpha value is -1.78. The standard InChI is InChI=1S/C33H48ClN/c1-20(2)26-15-24(19-35)16-28(30(26)32(7,8)9)22(5)13-14-23(6)29-18-25(34)17-27(21(3)4)31(29)33(10,11)12/h15-18,20-23H,13-14H2,1-12H3. The van der Waals surface area contributed by atoms with Crippen molar-refractivity contribution in [1.82, 2.24) is 0 Å². The highest BCUT2D eigenvalue weighted by Crippen LogP contribution is 2.42. The Balaban J connectivity index is 2.49. The maximum atomic E-state index is 9.75. The zero-order valence-corrected chi connectivity index (χ0v) is 25.1. The Morgan fingerprint density at radius 2 is 1.00 bits per heavy atom. The summed E-state index contributed by atoms with van der Waals surface area (Å²) < 4.78 is 0. The highest BCUT2D eigenvalue weighted by atomic mass is 35.5. The van der Waals surface area contributed by atoms with Gasteiger partial charge in [0.25, 0.3) is 0 Å². The summed E-state index contributed by atoms with van der Waals surface area (Å²) in [5.74, 6) is 1.60. The molecule has 192 valence electrons. The molecular formula is C33H48ClN. The molecule has 0 bridgehead atoms. The summed E-state index contributed by atoms with van der Waals surface area (Å²) in [4.78, 5) is 0. The molecule has 0 N–H and O–H groups in total. The van der Waals surface area contributed by atoms with Gasteiger partial charge in [-0.15, -0.1) is 0 Å². The lowest BCUT2D eigenvalue weighted by molar-refractivity contribution is 0.521. The molecule has 2 atom stereocenters. The quantitative estimate of drug-likeness (QED) is 0.376. The number of nitriles is 1. The van der Waals surface area contributed by atoms with E-state index in [1.807, 2.05) is 0 Å². The van der Waals surface area contributed by atoms with Gasteiger partial charge in [0.2, 0.25) is 0 Å². The van der Waals surface area contributed by atoms with Crippen molar-refractivity contribution >= 4 is 11.6 Å². The first kappa shape index (κ1) is 29.5. The second-order valence-electron chi connectivity index (χ2n) is 13.3. The fourth-order valence-corrected chi connectivity index (χ4v) is 5.87. The van der Waals surface area contributed by atoms with Crippen molar-refractivity contribution in [3.05, 3.63) is 68.2 Å². The van der Waals surface area contributed by atoms with Crippen LogP contribution in [0, 0.1) is 11.3 Å². The van der Waals surface area contributed by atoms with E-state index in [2.05, 4.69) is 113 Å². The lowest BCUT2D eigenvalue weighted by Gasteiger charge is -2.32. The topological polar surface area (TPSA) is 23.8 Å². The Labute approximate surface area is 221 Å². The van der Waals surface area contributed by atoms with Crippen LogP contribution in [0.1, 0.15) is 159 Å². The normalized spacial score (nSPS) is 14.3. The lowest BCUT2D eigenvalue weighted by atomic mass is 9.72. The number of hydrogen-bond donors (Lipinski definition) is 0. The number of halogens is 1. The van der Waals surface area contributed by atoms with E-state index in [1.165, 1.54) is 33.4 Å². The van der Waals surface area contributed by atoms with Gasteiger partial charge in [0.15, 0.2) is 0 Å². The lowest BCUT2D eigenvalue weighted by Crippen LogP contribution is -2.20. The highest BCUT2D eigenvalue weighted by molar-refractivity contribution is 6.30. The van der Waals surface area contributed by atoms with E-state index in [-0.39, 0.29) is 10.8 Å². The molecule has 0 aliphatic heterocycles. The SMILES string of the molecule is CC(C)c1cc(Cl)cc(C(C)CCC(C)c2cc(C#N)cc(C(C)C)c2C(C)(C)C)c1C(C)(C)C. The minimum Gasteiger partial charge on any atom is -0.192 e. The Bertz CT molecular complexity index is 1070. The van der Waals surface area contributed by atoms with Crippen molar-refractivity contribution in [2.24, 2.45) is 0 Å². The molecule has 2 aromatic rings. The minimum atomic E-state index is 0.0291. The maximum absolute atomic E-state index is 9.75. The number of rotatable bonds is 7. The molecule has 2 aromatic carbocycles. The molecule has 2 rings (SSSR count). The molecule has 0 fully saturated rings. The highest BCUT2D eigenvalue weighted by Gasteiger charge is 2.29. The summed E-state index contributed by atoms with van der Waals surface area (Å²) >= 11 is 6.64. The van der Waals surface area contributed by atoms with E-state index in [1.54, 1.807) is 0 Å². The first-order valence-electron chi connectivity index (χ1n) is 13.4. The van der Waals surface area contributed by atoms with Gasteiger partial charge in [-0.05, 0) is 105 Å². The first-order valence-corrected chi connectivity index (χ1v) is 13.8. The minimum absolute atomic E-state index is 0.0291. The van der Waals surface area contributed by atoms with Crippen LogP contribution in [0.3, 0.4) is 0 Å². The van der Waals surface area contributed by atoms with Gasteiger partial charge in [-0.1, -0.05) is 94.7 Å². The van der Waals surface area contributed by atoms with Crippen LogP contribution in [0.15, 0.2) is 24.3 Å². The average Bonchev–Trinajstić information content (AvgIpc) is 2.73. The third-order valence-corrected chi connectivity index (χ3v) is 7.55. The summed E-state index contributed by atoms with van der Waals surface area (Å²) in [5.41, 5.74) is 9.18. The molecule has 0 radical (unpaired) electrons. The second-order valence-corrected chi connectivity index (χ2v) is 13.7. The molecule has 0 aliphatic carbocycles. The van der Waals surface area contributed by atoms with Crippen LogP contribution < -0.4 is 0 Å². The van der Waals surface area contributed by atoms with E-state index in [0.29, 0.717) is 23.7 Å². The van der Waals surface area contributed by atoms with Crippen LogP contribution in [0.25, 0.3) is 0 Å². The van der Waals surface area contributed by atoms with Crippen LogP contribution in [-0.4, -0.2) is 0 Å². The Kier molecular flexibility index (Phi) is 9.33. The van der Waals surface area contributed by atoms with Gasteiger partial charge >= 0.3 is 0 Å². The zero-order valence-electron chi connectivity index (χ0n) is 24.4. The summed E-state index contributed by atoms with van der Waals surface area (Å²) in [6.45, 7) is 27.5. The van der Waals surface area contributed by atoms with E-state index in [9.17, 15) is 5.26 Å². The summed E-state index contributed by atoms with van der Waals surface area (Å²) in [7, 11) is 0. The number of nitrogens with zero attached hydrogens (tertiary/aromatic N) is 1. The Morgan fingerprint density at radius 1 is 0.657 bits per heavy atom. The molecule has 0 heterocycles. The third kappa shape index (κ3) is 6.92. The van der Waals surface area contributed by atoms with Crippen molar-refractivity contribution < 1.29 is 0 Å². The molecule has 0 saturated carbocycles. The summed E-state index contributed by atoms with van der Waals surface area (Å²) in [6.07, 6.45) is 2.16. The first-order chi connectivity index (χ1) is 16.0. The predicted molar refractivity (Wildman–Crippen MR) is 154 cm³/mol. The van der Waals surface area contributed by atoms with Crippen molar-refractivity contribution in [3.63, 3.8) is 0 Å². The molecule has 1 nitrogen and oxygen atoms in total. The number of hydrogen-bond acceptors (Lipinski definition) is 1. The molecule has 0 aliphatic rings. The van der Waals surface area contributed by atoms with Crippen molar-refractivity contribution in [1.29, 1.82) is 5.26 Å².